The van der Waals surface area contributed by atoms with Crippen molar-refractivity contribution >= 4 is 21.8 Å². The SMILES string of the molecule is Cc1ncn(CC(=O)N2CCCCCC2)c(=O)c1Br. The van der Waals surface area contributed by atoms with Gasteiger partial charge in [0.05, 0.1) is 12.0 Å². The second-order valence-electron chi connectivity index (χ2n) is 4.87. The molecule has 6 heteroatoms. The van der Waals surface area contributed by atoms with E-state index in [2.05, 4.69) is 20.9 Å². The van der Waals surface area contributed by atoms with Gasteiger partial charge in [-0.3, -0.25) is 14.2 Å². The first-order chi connectivity index (χ1) is 9.09. The third-order valence-electron chi connectivity index (χ3n) is 3.42. The third kappa shape index (κ3) is 3.43. The van der Waals surface area contributed by atoms with Crippen molar-refractivity contribution in [2.24, 2.45) is 0 Å². The Labute approximate surface area is 120 Å². The number of hydrogen-bond donors (Lipinski definition) is 0. The molecule has 1 aromatic rings. The topological polar surface area (TPSA) is 55.2 Å². The van der Waals surface area contributed by atoms with Gasteiger partial charge in [0, 0.05) is 13.1 Å². The molecule has 1 aliphatic heterocycles. The van der Waals surface area contributed by atoms with Crippen molar-refractivity contribution in [3.05, 3.63) is 26.8 Å². The van der Waals surface area contributed by atoms with Crippen molar-refractivity contribution in [1.82, 2.24) is 14.5 Å². The second kappa shape index (κ2) is 6.32. The molecular formula is C13H18BrN3O2. The molecule has 0 radical (unpaired) electrons. The summed E-state index contributed by atoms with van der Waals surface area (Å²) in [5.41, 5.74) is 0.444. The summed E-state index contributed by atoms with van der Waals surface area (Å²) >= 11 is 3.21. The van der Waals surface area contributed by atoms with Gasteiger partial charge >= 0.3 is 0 Å². The highest BCUT2D eigenvalue weighted by Gasteiger charge is 2.17. The molecule has 1 saturated heterocycles. The maximum absolute atomic E-state index is 12.2. The van der Waals surface area contributed by atoms with Crippen molar-refractivity contribution < 1.29 is 4.79 Å². The fourth-order valence-corrected chi connectivity index (χ4v) is 2.55. The maximum Gasteiger partial charge on any atom is 0.268 e. The van der Waals surface area contributed by atoms with Crippen LogP contribution in [0.15, 0.2) is 15.6 Å². The van der Waals surface area contributed by atoms with E-state index < -0.39 is 0 Å². The molecule has 5 nitrogen and oxygen atoms in total. The van der Waals surface area contributed by atoms with Gasteiger partial charge in [-0.25, -0.2) is 4.98 Å². The van der Waals surface area contributed by atoms with Crippen LogP contribution in [-0.2, 0) is 11.3 Å². The molecule has 1 aromatic heterocycles. The Morgan fingerprint density at radius 1 is 1.32 bits per heavy atom. The predicted molar refractivity (Wildman–Crippen MR) is 76.0 cm³/mol. The van der Waals surface area contributed by atoms with Crippen LogP contribution < -0.4 is 5.56 Å². The summed E-state index contributed by atoms with van der Waals surface area (Å²) in [5, 5.41) is 0. The summed E-state index contributed by atoms with van der Waals surface area (Å²) in [5.74, 6) is 0.00144. The van der Waals surface area contributed by atoms with E-state index in [0.29, 0.717) is 10.2 Å². The molecule has 1 aliphatic rings. The molecule has 1 fully saturated rings. The molecule has 0 N–H and O–H groups in total. The Bertz CT molecular complexity index is 519. The molecule has 104 valence electrons. The fraction of sp³-hybridized carbons (Fsp3) is 0.615. The molecule has 0 spiro atoms. The van der Waals surface area contributed by atoms with Crippen LogP contribution in [-0.4, -0.2) is 33.4 Å². The Morgan fingerprint density at radius 2 is 1.95 bits per heavy atom. The van der Waals surface area contributed by atoms with Crippen LogP contribution in [0.5, 0.6) is 0 Å². The third-order valence-corrected chi connectivity index (χ3v) is 4.33. The van der Waals surface area contributed by atoms with Gasteiger partial charge < -0.3 is 4.90 Å². The summed E-state index contributed by atoms with van der Waals surface area (Å²) in [6, 6.07) is 0. The number of aromatic nitrogens is 2. The van der Waals surface area contributed by atoms with Crippen molar-refractivity contribution in [2.75, 3.05) is 13.1 Å². The normalized spacial score (nSPS) is 16.2. The summed E-state index contributed by atoms with van der Waals surface area (Å²) in [6.45, 7) is 3.43. The van der Waals surface area contributed by atoms with E-state index in [4.69, 9.17) is 0 Å². The van der Waals surface area contributed by atoms with Gasteiger partial charge in [-0.2, -0.15) is 0 Å². The van der Waals surface area contributed by atoms with Crippen LogP contribution >= 0.6 is 15.9 Å². The average molecular weight is 328 g/mol. The van der Waals surface area contributed by atoms with Gasteiger partial charge in [0.1, 0.15) is 11.0 Å². The number of amides is 1. The predicted octanol–water partition coefficient (Wildman–Crippen LogP) is 1.72. The summed E-state index contributed by atoms with van der Waals surface area (Å²) in [7, 11) is 0. The molecule has 0 unspecified atom stereocenters. The highest BCUT2D eigenvalue weighted by molar-refractivity contribution is 9.10. The number of rotatable bonds is 2. The van der Waals surface area contributed by atoms with Gasteiger partial charge in [0.25, 0.3) is 5.56 Å². The lowest BCUT2D eigenvalue weighted by atomic mass is 10.2. The van der Waals surface area contributed by atoms with Gasteiger partial charge in [-0.1, -0.05) is 12.8 Å². The van der Waals surface area contributed by atoms with Crippen molar-refractivity contribution in [3.63, 3.8) is 0 Å². The van der Waals surface area contributed by atoms with Gasteiger partial charge in [-0.05, 0) is 35.7 Å². The highest BCUT2D eigenvalue weighted by atomic mass is 79.9. The fourth-order valence-electron chi connectivity index (χ4n) is 2.22. The lowest BCUT2D eigenvalue weighted by molar-refractivity contribution is -0.131. The van der Waals surface area contributed by atoms with Crippen molar-refractivity contribution in [1.29, 1.82) is 0 Å². The Hall–Kier alpha value is -1.17. The number of halogens is 1. The number of nitrogens with zero attached hydrogens (tertiary/aromatic N) is 3. The van der Waals surface area contributed by atoms with E-state index in [1.165, 1.54) is 23.7 Å². The highest BCUT2D eigenvalue weighted by Crippen LogP contribution is 2.10. The molecule has 2 rings (SSSR count). The molecule has 19 heavy (non-hydrogen) atoms. The number of carbonyl (C=O) groups excluding carboxylic acids is 1. The average Bonchev–Trinajstić information content (AvgIpc) is 2.68. The molecule has 0 aliphatic carbocycles. The first-order valence-corrected chi connectivity index (χ1v) is 7.38. The van der Waals surface area contributed by atoms with Crippen LogP contribution in [0.25, 0.3) is 0 Å². The number of carbonyl (C=O) groups is 1. The number of aryl methyl sites for hydroxylation is 1. The van der Waals surface area contributed by atoms with Gasteiger partial charge in [0.2, 0.25) is 5.91 Å². The Morgan fingerprint density at radius 3 is 2.58 bits per heavy atom. The van der Waals surface area contributed by atoms with Crippen LogP contribution in [0.4, 0.5) is 0 Å². The standard InChI is InChI=1S/C13H18BrN3O2/c1-10-12(14)13(19)17(9-15-10)8-11(18)16-6-4-2-3-5-7-16/h9H,2-8H2,1H3. The molecule has 0 bridgehead atoms. The summed E-state index contributed by atoms with van der Waals surface area (Å²) in [4.78, 5) is 30.1. The van der Waals surface area contributed by atoms with E-state index in [9.17, 15) is 9.59 Å². The zero-order chi connectivity index (χ0) is 13.8. The Kier molecular flexibility index (Phi) is 4.74. The smallest absolute Gasteiger partial charge is 0.268 e. The monoisotopic (exact) mass is 327 g/mol. The number of hydrogen-bond acceptors (Lipinski definition) is 3. The summed E-state index contributed by atoms with van der Waals surface area (Å²) in [6.07, 6.45) is 5.91. The maximum atomic E-state index is 12.2. The second-order valence-corrected chi connectivity index (χ2v) is 5.67. The minimum Gasteiger partial charge on any atom is -0.341 e. The van der Waals surface area contributed by atoms with E-state index in [0.717, 1.165) is 25.9 Å². The van der Waals surface area contributed by atoms with Crippen LogP contribution in [0, 0.1) is 6.92 Å². The van der Waals surface area contributed by atoms with E-state index in [-0.39, 0.29) is 18.0 Å². The van der Waals surface area contributed by atoms with Crippen molar-refractivity contribution in [3.8, 4) is 0 Å². The van der Waals surface area contributed by atoms with Crippen LogP contribution in [0.3, 0.4) is 0 Å². The molecule has 0 saturated carbocycles. The Balaban J connectivity index is 2.10. The minimum atomic E-state index is -0.198. The molecule has 0 atom stereocenters. The lowest BCUT2D eigenvalue weighted by Gasteiger charge is -2.20. The first kappa shape index (κ1) is 14.2. The largest absolute Gasteiger partial charge is 0.341 e. The van der Waals surface area contributed by atoms with Crippen LogP contribution in [0.2, 0.25) is 0 Å². The molecule has 2 heterocycles. The van der Waals surface area contributed by atoms with E-state index in [1.807, 2.05) is 4.90 Å². The van der Waals surface area contributed by atoms with Crippen LogP contribution in [0.1, 0.15) is 31.4 Å². The first-order valence-electron chi connectivity index (χ1n) is 6.59. The lowest BCUT2D eigenvalue weighted by Crippen LogP contribution is -2.37. The van der Waals surface area contributed by atoms with E-state index >= 15 is 0 Å². The molecular weight excluding hydrogens is 310 g/mol. The van der Waals surface area contributed by atoms with Gasteiger partial charge in [-0.15, -0.1) is 0 Å². The van der Waals surface area contributed by atoms with Gasteiger partial charge in [0.15, 0.2) is 0 Å². The van der Waals surface area contributed by atoms with Crippen molar-refractivity contribution in [2.45, 2.75) is 39.2 Å². The quantitative estimate of drug-likeness (QED) is 0.831. The zero-order valence-corrected chi connectivity index (χ0v) is 12.6. The zero-order valence-electron chi connectivity index (χ0n) is 11.1. The molecule has 1 amide bonds. The van der Waals surface area contributed by atoms with E-state index in [1.54, 1.807) is 6.92 Å². The minimum absolute atomic E-state index is 0.00144. The summed E-state index contributed by atoms with van der Waals surface area (Å²) < 4.78 is 1.79. The molecule has 0 aromatic carbocycles. The number of likely N-dealkylation sites (tertiary alicyclic amines) is 1.